The van der Waals surface area contributed by atoms with E-state index in [-0.39, 0.29) is 47.7 Å². The lowest BCUT2D eigenvalue weighted by Gasteiger charge is -2.31. The number of aliphatic imine (C=N–C) groups is 1. The first-order chi connectivity index (χ1) is 39.2. The molecule has 14 rings (SSSR count). The number of ether oxygens (including phenoxy) is 5. The van der Waals surface area contributed by atoms with Crippen molar-refractivity contribution in [3.8, 4) is 23.1 Å². The van der Waals surface area contributed by atoms with Crippen molar-refractivity contribution < 1.29 is 56.1 Å². The zero-order valence-electron chi connectivity index (χ0n) is 47.0. The Bertz CT molecular complexity index is 3830. The molecule has 4 aromatic carbocycles. The summed E-state index contributed by atoms with van der Waals surface area (Å²) in [6, 6.07) is 26.2. The SMILES string of the molecule is COC(=O)C1COC(c2nc3oc2C24c5ccccc5N[C@@H]2Oc2ccc(cc24)CC(C)C(=O)NC3C(C)(C)C)=N1.COC(=O)c1coc(-c2nc3oc2C24c5ccccc5N[C@@H]2Oc2ccc(cc24)CC(C)C(=O)NC3C(C)(C)C)n1. The summed E-state index contributed by atoms with van der Waals surface area (Å²) in [5.41, 5.74) is 5.43. The second-order valence-electron chi connectivity index (χ2n) is 24.3. The van der Waals surface area contributed by atoms with Gasteiger partial charge < -0.3 is 58.2 Å². The van der Waals surface area contributed by atoms with Crippen molar-refractivity contribution in [3.63, 3.8) is 0 Å². The fourth-order valence-electron chi connectivity index (χ4n) is 12.6. The van der Waals surface area contributed by atoms with Crippen LogP contribution in [-0.4, -0.2) is 83.9 Å². The predicted molar refractivity (Wildman–Crippen MR) is 296 cm³/mol. The molecule has 3 aromatic heterocycles. The summed E-state index contributed by atoms with van der Waals surface area (Å²) in [6.45, 7) is 16.0. The maximum absolute atomic E-state index is 13.5. The summed E-state index contributed by atoms with van der Waals surface area (Å²) < 4.78 is 48.3. The van der Waals surface area contributed by atoms with E-state index in [1.807, 2.05) is 122 Å². The number of oxazole rings is 3. The first kappa shape index (κ1) is 52.4. The molecule has 0 saturated carbocycles. The Morgan fingerprint density at radius 3 is 1.62 bits per heavy atom. The third kappa shape index (κ3) is 7.98. The quantitative estimate of drug-likeness (QED) is 0.120. The Balaban J connectivity index is 0.000000154. The molecular weight excluding hydrogens is 1050 g/mol. The van der Waals surface area contributed by atoms with E-state index in [4.69, 9.17) is 46.9 Å². The van der Waals surface area contributed by atoms with E-state index in [9.17, 15) is 19.2 Å². The van der Waals surface area contributed by atoms with Crippen LogP contribution in [0, 0.1) is 22.7 Å². The molecule has 0 saturated heterocycles. The topological polar surface area (TPSA) is 253 Å². The number of fused-ring (bicyclic) bond motifs is 8. The van der Waals surface area contributed by atoms with Crippen molar-refractivity contribution in [3.05, 3.63) is 159 Å². The highest BCUT2D eigenvalue weighted by molar-refractivity contribution is 5.98. The van der Waals surface area contributed by atoms with Gasteiger partial charge in [-0.25, -0.2) is 29.5 Å². The molecule has 8 bridgehead atoms. The zero-order valence-corrected chi connectivity index (χ0v) is 47.0. The first-order valence-electron chi connectivity index (χ1n) is 27.5. The summed E-state index contributed by atoms with van der Waals surface area (Å²) in [6.07, 6.45) is 1.26. The van der Waals surface area contributed by atoms with Gasteiger partial charge in [0.25, 0.3) is 0 Å². The van der Waals surface area contributed by atoms with Gasteiger partial charge in [0.05, 0.1) is 14.2 Å². The molecule has 2 spiro atoms. The number of para-hydroxylation sites is 2. The lowest BCUT2D eigenvalue weighted by molar-refractivity contribution is -0.142. The van der Waals surface area contributed by atoms with Gasteiger partial charge >= 0.3 is 11.9 Å². The fraction of sp³-hybridized carbons (Fsp3) is 0.387. The van der Waals surface area contributed by atoms with Crippen LogP contribution in [0.15, 0.2) is 109 Å². The number of carbonyl (C=O) groups excluding carboxylic acids is 4. The number of carbonyl (C=O) groups is 4. The highest BCUT2D eigenvalue weighted by Gasteiger charge is 2.63. The predicted octanol–water partition coefficient (Wildman–Crippen LogP) is 8.86. The second kappa shape index (κ2) is 18.8. The van der Waals surface area contributed by atoms with E-state index in [0.29, 0.717) is 59.0 Å². The molecule has 0 radical (unpaired) electrons. The highest BCUT2D eigenvalue weighted by atomic mass is 16.5. The maximum Gasteiger partial charge on any atom is 0.360 e. The van der Waals surface area contributed by atoms with Crippen LogP contribution in [0.4, 0.5) is 11.4 Å². The summed E-state index contributed by atoms with van der Waals surface area (Å²) >= 11 is 0. The lowest BCUT2D eigenvalue weighted by Crippen LogP contribution is -2.41. The molecule has 0 fully saturated rings. The number of aromatic nitrogens is 3. The van der Waals surface area contributed by atoms with Gasteiger partial charge in [-0.2, -0.15) is 0 Å². The van der Waals surface area contributed by atoms with Crippen LogP contribution < -0.4 is 30.7 Å². The van der Waals surface area contributed by atoms with Crippen LogP contribution >= 0.6 is 0 Å². The van der Waals surface area contributed by atoms with Crippen LogP contribution in [-0.2, 0) is 52.3 Å². The van der Waals surface area contributed by atoms with Crippen molar-refractivity contribution >= 4 is 41.0 Å². The molecule has 7 unspecified atom stereocenters. The standard InChI is InChI=1S/C31H32N4O6.C31H30N4O6/c2*1-15-12-16-10-11-21-18(13-16)31(17-8-6-7-9-19(17)33-29(31)40-21)24-22(26-32-20(14-39-26)28(37)38-5)34-27(41-24)23(30(2,3)4)35-25(15)36/h6-11,13,15,20,23,29,33H,12,14H2,1-5H3,(H,35,36);6-11,13-15,23,29,33H,12H2,1-5H3,(H,35,36)/t15?,20?,23?,29-,31?;15?,23?,29-,31?/m11/s1. The molecule has 0 aliphatic carbocycles. The zero-order chi connectivity index (χ0) is 57.4. The molecule has 7 aliphatic heterocycles. The molecule has 7 aliphatic rings. The Hall–Kier alpha value is -8.94. The van der Waals surface area contributed by atoms with Crippen LogP contribution in [0.2, 0.25) is 0 Å². The van der Waals surface area contributed by atoms with Gasteiger partial charge in [0.15, 0.2) is 47.1 Å². The van der Waals surface area contributed by atoms with Crippen LogP contribution in [0.3, 0.4) is 0 Å². The number of amides is 2. The normalized spacial score (nSPS) is 25.9. The number of nitrogens with one attached hydrogen (secondary N) is 4. The minimum Gasteiger partial charge on any atom is -0.473 e. The summed E-state index contributed by atoms with van der Waals surface area (Å²) in [4.78, 5) is 70.5. The number of anilines is 2. The van der Waals surface area contributed by atoms with Crippen molar-refractivity contribution in [1.82, 2.24) is 25.6 Å². The Morgan fingerprint density at radius 2 is 1.12 bits per heavy atom. The number of benzene rings is 4. The van der Waals surface area contributed by atoms with Gasteiger partial charge in [-0.3, -0.25) is 9.59 Å². The number of hydrogen-bond acceptors (Lipinski definition) is 18. The lowest BCUT2D eigenvalue weighted by atomic mass is 9.72. The summed E-state index contributed by atoms with van der Waals surface area (Å²) in [5, 5.41) is 13.5. The van der Waals surface area contributed by atoms with E-state index < -0.39 is 64.2 Å². The number of methoxy groups -OCH3 is 2. The van der Waals surface area contributed by atoms with Gasteiger partial charge in [0.2, 0.25) is 35.4 Å². The third-order valence-electron chi connectivity index (χ3n) is 16.7. The van der Waals surface area contributed by atoms with Crippen molar-refractivity contribution in [2.45, 2.75) is 110 Å². The molecule has 422 valence electrons. The fourth-order valence-corrected chi connectivity index (χ4v) is 12.6. The van der Waals surface area contributed by atoms with E-state index >= 15 is 0 Å². The third-order valence-corrected chi connectivity index (χ3v) is 16.7. The monoisotopic (exact) mass is 1110 g/mol. The second-order valence-corrected chi connectivity index (χ2v) is 24.3. The summed E-state index contributed by atoms with van der Waals surface area (Å²) in [5.74, 6) is 1.35. The molecule has 10 heterocycles. The van der Waals surface area contributed by atoms with Crippen LogP contribution in [0.1, 0.15) is 140 Å². The molecule has 9 atom stereocenters. The number of nitrogens with zero attached hydrogens (tertiary/aromatic N) is 4. The van der Waals surface area contributed by atoms with Crippen molar-refractivity contribution in [1.29, 1.82) is 0 Å². The maximum atomic E-state index is 13.5. The van der Waals surface area contributed by atoms with Gasteiger partial charge in [0, 0.05) is 34.3 Å². The first-order valence-corrected chi connectivity index (χ1v) is 27.5. The van der Waals surface area contributed by atoms with E-state index in [0.717, 1.165) is 44.8 Å². The largest absolute Gasteiger partial charge is 0.473 e. The van der Waals surface area contributed by atoms with Crippen LogP contribution in [0.5, 0.6) is 11.5 Å². The summed E-state index contributed by atoms with van der Waals surface area (Å²) in [7, 11) is 2.61. The molecule has 7 aromatic rings. The highest BCUT2D eigenvalue weighted by Crippen LogP contribution is 2.61. The van der Waals surface area contributed by atoms with Gasteiger partial charge in [-0.1, -0.05) is 116 Å². The molecule has 82 heavy (non-hydrogen) atoms. The Kier molecular flexibility index (Phi) is 12.0. The van der Waals surface area contributed by atoms with Crippen LogP contribution in [0.25, 0.3) is 11.6 Å². The molecule has 20 heteroatoms. The molecule has 4 N–H and O–H groups in total. The molecular formula is C62H62N8O12. The smallest absolute Gasteiger partial charge is 0.360 e. The van der Waals surface area contributed by atoms with Gasteiger partial charge in [0.1, 0.15) is 47.3 Å². The minimum atomic E-state index is -0.961. The number of esters is 2. The van der Waals surface area contributed by atoms with Gasteiger partial charge in [-0.05, 0) is 70.2 Å². The average molecular weight is 1110 g/mol. The Labute approximate surface area is 472 Å². The van der Waals surface area contributed by atoms with Crippen molar-refractivity contribution in [2.24, 2.45) is 27.7 Å². The molecule has 20 nitrogen and oxygen atoms in total. The number of hydrogen-bond donors (Lipinski definition) is 4. The minimum absolute atomic E-state index is 0.00905. The van der Waals surface area contributed by atoms with Gasteiger partial charge in [-0.15, -0.1) is 0 Å². The van der Waals surface area contributed by atoms with E-state index in [1.54, 1.807) is 0 Å². The Morgan fingerprint density at radius 1 is 0.622 bits per heavy atom. The van der Waals surface area contributed by atoms with Crippen molar-refractivity contribution in [2.75, 3.05) is 31.5 Å². The molecule has 2 amide bonds. The van der Waals surface area contributed by atoms with E-state index in [2.05, 4.69) is 49.4 Å². The average Bonchev–Trinajstić information content (AvgIpc) is 1.63. The van der Waals surface area contributed by atoms with E-state index in [1.165, 1.54) is 20.5 Å². The number of rotatable bonds is 4.